The zero-order valence-corrected chi connectivity index (χ0v) is 14.2. The average Bonchev–Trinajstić information content (AvgIpc) is 2.69. The topological polar surface area (TPSA) is 68.3 Å². The summed E-state index contributed by atoms with van der Waals surface area (Å²) >= 11 is 0. The van der Waals surface area contributed by atoms with E-state index in [2.05, 4.69) is 0 Å². The molecule has 0 aliphatic carbocycles. The fourth-order valence-corrected chi connectivity index (χ4v) is 3.45. The zero-order chi connectivity index (χ0) is 16.7. The van der Waals surface area contributed by atoms with Gasteiger partial charge in [-0.25, -0.2) is 0 Å². The maximum Gasteiger partial charge on any atom is 0.248 e. The molecule has 23 heavy (non-hydrogen) atoms. The van der Waals surface area contributed by atoms with Gasteiger partial charge >= 0.3 is 0 Å². The van der Waals surface area contributed by atoms with Gasteiger partial charge in [-0.1, -0.05) is 0 Å². The quantitative estimate of drug-likeness (QED) is 0.655. The number of methoxy groups -OCH3 is 1. The third-order valence-electron chi connectivity index (χ3n) is 4.70. The summed E-state index contributed by atoms with van der Waals surface area (Å²) in [5, 5.41) is 0. The Bertz CT molecular complexity index is 409. The lowest BCUT2D eigenvalue weighted by atomic mass is 9.87. The molecule has 2 aliphatic rings. The number of nitrogens with zero attached hydrogens (tertiary/aromatic N) is 2. The minimum Gasteiger partial charge on any atom is -0.382 e. The highest BCUT2D eigenvalue weighted by molar-refractivity contribution is 5.81. The Labute approximate surface area is 137 Å². The summed E-state index contributed by atoms with van der Waals surface area (Å²) in [5.41, 5.74) is -0.289. The van der Waals surface area contributed by atoms with Crippen LogP contribution < -0.4 is 0 Å². The second-order valence-electron chi connectivity index (χ2n) is 6.09. The summed E-state index contributed by atoms with van der Waals surface area (Å²) in [6.45, 7) is 5.88. The highest BCUT2D eigenvalue weighted by atomic mass is 16.5. The summed E-state index contributed by atoms with van der Waals surface area (Å²) < 4.78 is 15.7. The van der Waals surface area contributed by atoms with Crippen LogP contribution in [0.1, 0.15) is 26.2 Å². The minimum atomic E-state index is -0.289. The van der Waals surface area contributed by atoms with E-state index in [1.165, 1.54) is 0 Å². The van der Waals surface area contributed by atoms with Gasteiger partial charge < -0.3 is 24.0 Å². The molecule has 0 aromatic rings. The maximum absolute atomic E-state index is 12.5. The Kier molecular flexibility index (Phi) is 6.80. The molecular formula is C16H28N2O5. The van der Waals surface area contributed by atoms with Gasteiger partial charge in [-0.3, -0.25) is 9.59 Å². The molecule has 2 fully saturated rings. The first-order valence-electron chi connectivity index (χ1n) is 8.35. The number of carbonyl (C=O) groups excluding carboxylic acids is 2. The Morgan fingerprint density at radius 1 is 1.30 bits per heavy atom. The maximum atomic E-state index is 12.5. The van der Waals surface area contributed by atoms with Gasteiger partial charge in [-0.2, -0.15) is 0 Å². The van der Waals surface area contributed by atoms with Gasteiger partial charge in [0.1, 0.15) is 6.61 Å². The van der Waals surface area contributed by atoms with Crippen LogP contribution in [-0.4, -0.2) is 86.9 Å². The van der Waals surface area contributed by atoms with Crippen LogP contribution in [0.5, 0.6) is 0 Å². The smallest absolute Gasteiger partial charge is 0.248 e. The number of ether oxygens (including phenoxy) is 3. The molecule has 132 valence electrons. The number of likely N-dealkylation sites (N-methyl/N-ethyl adjacent to an activating group) is 1. The molecule has 0 bridgehead atoms. The van der Waals surface area contributed by atoms with Gasteiger partial charge in [-0.15, -0.1) is 0 Å². The fraction of sp³-hybridized carbons (Fsp3) is 0.875. The van der Waals surface area contributed by atoms with Crippen LogP contribution in [0.15, 0.2) is 0 Å². The second-order valence-corrected chi connectivity index (χ2v) is 6.09. The average molecular weight is 328 g/mol. The number of amides is 2. The van der Waals surface area contributed by atoms with Gasteiger partial charge in [0.25, 0.3) is 0 Å². The SMILES string of the molecule is CCN1C(=O)CCN(C(=O)COCCOC)CC12CCOCC2. The van der Waals surface area contributed by atoms with Crippen molar-refractivity contribution in [3.63, 3.8) is 0 Å². The molecular weight excluding hydrogens is 300 g/mol. The molecule has 0 unspecified atom stereocenters. The minimum absolute atomic E-state index is 0.0380. The molecule has 2 rings (SSSR count). The van der Waals surface area contributed by atoms with Crippen LogP contribution in [-0.2, 0) is 23.8 Å². The molecule has 1 spiro atoms. The van der Waals surface area contributed by atoms with Crippen LogP contribution in [0, 0.1) is 0 Å². The van der Waals surface area contributed by atoms with Gasteiger partial charge in [-0.05, 0) is 19.8 Å². The molecule has 0 atom stereocenters. The Morgan fingerprint density at radius 2 is 2.04 bits per heavy atom. The van der Waals surface area contributed by atoms with E-state index in [-0.39, 0.29) is 24.0 Å². The molecule has 0 saturated carbocycles. The predicted molar refractivity (Wildman–Crippen MR) is 84.1 cm³/mol. The van der Waals surface area contributed by atoms with Crippen molar-refractivity contribution in [1.29, 1.82) is 0 Å². The first-order valence-corrected chi connectivity index (χ1v) is 8.35. The zero-order valence-electron chi connectivity index (χ0n) is 14.2. The van der Waals surface area contributed by atoms with E-state index in [1.54, 1.807) is 12.0 Å². The normalized spacial score (nSPS) is 21.6. The van der Waals surface area contributed by atoms with Crippen LogP contribution in [0.2, 0.25) is 0 Å². The van der Waals surface area contributed by atoms with Gasteiger partial charge in [0.2, 0.25) is 11.8 Å². The highest BCUT2D eigenvalue weighted by Crippen LogP contribution is 2.31. The molecule has 7 nitrogen and oxygen atoms in total. The Balaban J connectivity index is 2.04. The Hall–Kier alpha value is -1.18. The standard InChI is InChI=1S/C16H28N2O5/c1-3-18-14(19)4-7-17(15(20)12-23-11-10-21-2)13-16(18)5-8-22-9-6-16/h3-13H2,1-2H3. The van der Waals surface area contributed by atoms with Gasteiger partial charge in [0.15, 0.2) is 0 Å². The van der Waals surface area contributed by atoms with Crippen molar-refractivity contribution >= 4 is 11.8 Å². The van der Waals surface area contributed by atoms with Gasteiger partial charge in [0, 0.05) is 46.4 Å². The van der Waals surface area contributed by atoms with E-state index < -0.39 is 0 Å². The van der Waals surface area contributed by atoms with Crippen molar-refractivity contribution in [3.05, 3.63) is 0 Å². The van der Waals surface area contributed by atoms with E-state index in [4.69, 9.17) is 14.2 Å². The second kappa shape index (κ2) is 8.61. The summed E-state index contributed by atoms with van der Waals surface area (Å²) in [6.07, 6.45) is 1.93. The van der Waals surface area contributed by atoms with Crippen molar-refractivity contribution < 1.29 is 23.8 Å². The number of carbonyl (C=O) groups is 2. The number of rotatable bonds is 6. The van der Waals surface area contributed by atoms with Crippen LogP contribution in [0.25, 0.3) is 0 Å². The first-order chi connectivity index (χ1) is 11.1. The lowest BCUT2D eigenvalue weighted by Crippen LogP contribution is -2.58. The van der Waals surface area contributed by atoms with Crippen molar-refractivity contribution in [1.82, 2.24) is 9.80 Å². The monoisotopic (exact) mass is 328 g/mol. The molecule has 0 N–H and O–H groups in total. The lowest BCUT2D eigenvalue weighted by molar-refractivity contribution is -0.143. The van der Waals surface area contributed by atoms with E-state index in [0.29, 0.717) is 52.5 Å². The molecule has 0 aromatic heterocycles. The van der Waals surface area contributed by atoms with E-state index in [0.717, 1.165) is 12.8 Å². The summed E-state index contributed by atoms with van der Waals surface area (Å²) in [4.78, 5) is 28.7. The lowest BCUT2D eigenvalue weighted by Gasteiger charge is -2.46. The molecule has 2 amide bonds. The molecule has 7 heteroatoms. The summed E-state index contributed by atoms with van der Waals surface area (Å²) in [6, 6.07) is 0. The molecule has 0 aromatic carbocycles. The molecule has 2 heterocycles. The van der Waals surface area contributed by atoms with Crippen molar-refractivity contribution in [2.24, 2.45) is 0 Å². The molecule has 0 radical (unpaired) electrons. The summed E-state index contributed by atoms with van der Waals surface area (Å²) in [7, 11) is 1.60. The Morgan fingerprint density at radius 3 is 2.70 bits per heavy atom. The van der Waals surface area contributed by atoms with E-state index in [1.807, 2.05) is 11.8 Å². The van der Waals surface area contributed by atoms with Crippen molar-refractivity contribution in [3.8, 4) is 0 Å². The third kappa shape index (κ3) is 4.43. The number of hydrogen-bond acceptors (Lipinski definition) is 5. The summed E-state index contributed by atoms with van der Waals surface area (Å²) in [5.74, 6) is 0.0720. The van der Waals surface area contributed by atoms with Crippen LogP contribution in [0.4, 0.5) is 0 Å². The van der Waals surface area contributed by atoms with E-state index in [9.17, 15) is 9.59 Å². The predicted octanol–water partition coefficient (Wildman–Crippen LogP) is 0.279. The van der Waals surface area contributed by atoms with Crippen molar-refractivity contribution in [2.45, 2.75) is 31.7 Å². The first kappa shape index (κ1) is 18.2. The fourth-order valence-electron chi connectivity index (χ4n) is 3.45. The van der Waals surface area contributed by atoms with Crippen LogP contribution >= 0.6 is 0 Å². The third-order valence-corrected chi connectivity index (χ3v) is 4.70. The van der Waals surface area contributed by atoms with E-state index >= 15 is 0 Å². The number of hydrogen-bond donors (Lipinski definition) is 0. The highest BCUT2D eigenvalue weighted by Gasteiger charge is 2.44. The van der Waals surface area contributed by atoms with Crippen molar-refractivity contribution in [2.75, 3.05) is 59.8 Å². The molecule has 2 saturated heterocycles. The van der Waals surface area contributed by atoms with Crippen LogP contribution in [0.3, 0.4) is 0 Å². The largest absolute Gasteiger partial charge is 0.382 e. The molecule has 2 aliphatic heterocycles. The van der Waals surface area contributed by atoms with Gasteiger partial charge in [0.05, 0.1) is 18.8 Å².